The van der Waals surface area contributed by atoms with Gasteiger partial charge >= 0.3 is 0 Å². The zero-order valence-corrected chi connectivity index (χ0v) is 18.4. The Bertz CT molecular complexity index is 1000. The average molecular weight is 468 g/mol. The topological polar surface area (TPSA) is 49.7 Å². The highest BCUT2D eigenvalue weighted by Gasteiger charge is 2.31. The van der Waals surface area contributed by atoms with Gasteiger partial charge in [0.15, 0.2) is 0 Å². The number of carbonyl (C=O) groups is 2. The SMILES string of the molecule is Cc1ccc(C(=O)N(N=C2C(Cl)=C(Cl)C(Cl)=C2Cl)C(=O)c2ccc(C)cc2)cc1. The fraction of sp³-hybridized carbons (Fsp3) is 0.0952. The molecule has 29 heavy (non-hydrogen) atoms. The van der Waals surface area contributed by atoms with Crippen LogP contribution in [0.2, 0.25) is 0 Å². The second-order valence-corrected chi connectivity index (χ2v) is 7.87. The molecule has 2 amide bonds. The third-order valence-corrected chi connectivity index (χ3v) is 5.96. The fourth-order valence-electron chi connectivity index (χ4n) is 2.50. The standard InChI is InChI=1S/C21H14Cl4N2O2/c1-11-3-7-13(8-4-11)20(28)27(21(29)14-9-5-12(2)6-10-14)26-19-17(24)15(22)16(23)18(19)25/h3-10H,1-2H3. The highest BCUT2D eigenvalue weighted by molar-refractivity contribution is 6.66. The fourth-order valence-corrected chi connectivity index (χ4v) is 3.47. The van der Waals surface area contributed by atoms with Crippen LogP contribution in [0.3, 0.4) is 0 Å². The van der Waals surface area contributed by atoms with Gasteiger partial charge in [0.05, 0.1) is 20.1 Å². The van der Waals surface area contributed by atoms with Crippen LogP contribution in [0.1, 0.15) is 31.8 Å². The van der Waals surface area contributed by atoms with Crippen LogP contribution in [0, 0.1) is 13.8 Å². The van der Waals surface area contributed by atoms with Gasteiger partial charge in [0.1, 0.15) is 5.71 Å². The quantitative estimate of drug-likeness (QED) is 0.391. The smallest absolute Gasteiger partial charge is 0.267 e. The number of imide groups is 1. The predicted octanol–water partition coefficient (Wildman–Crippen LogP) is 6.33. The molecule has 0 saturated heterocycles. The van der Waals surface area contributed by atoms with Gasteiger partial charge in [-0.2, -0.15) is 10.1 Å². The number of benzene rings is 2. The maximum Gasteiger partial charge on any atom is 0.281 e. The van der Waals surface area contributed by atoms with E-state index >= 15 is 0 Å². The average Bonchev–Trinajstić information content (AvgIpc) is 2.89. The van der Waals surface area contributed by atoms with Gasteiger partial charge in [-0.25, -0.2) is 0 Å². The zero-order chi connectivity index (χ0) is 21.3. The lowest BCUT2D eigenvalue weighted by Crippen LogP contribution is -2.33. The second-order valence-electron chi connectivity index (χ2n) is 6.36. The molecular weight excluding hydrogens is 454 g/mol. The van der Waals surface area contributed by atoms with Crippen molar-refractivity contribution >= 4 is 63.9 Å². The molecule has 1 aliphatic rings. The first kappa shape index (κ1) is 21.6. The molecule has 148 valence electrons. The Balaban J connectivity index is 2.10. The van der Waals surface area contributed by atoms with Crippen LogP contribution in [0.5, 0.6) is 0 Å². The van der Waals surface area contributed by atoms with E-state index in [2.05, 4.69) is 5.10 Å². The van der Waals surface area contributed by atoms with Crippen LogP contribution < -0.4 is 0 Å². The lowest BCUT2D eigenvalue weighted by atomic mass is 10.1. The number of nitrogens with zero attached hydrogens (tertiary/aromatic N) is 2. The summed E-state index contributed by atoms with van der Waals surface area (Å²) < 4.78 is 0. The van der Waals surface area contributed by atoms with Crippen LogP contribution in [-0.2, 0) is 0 Å². The number of hydrogen-bond donors (Lipinski definition) is 0. The zero-order valence-electron chi connectivity index (χ0n) is 15.3. The Kier molecular flexibility index (Phi) is 6.49. The van der Waals surface area contributed by atoms with Gasteiger partial charge in [-0.05, 0) is 38.1 Å². The predicted molar refractivity (Wildman–Crippen MR) is 118 cm³/mol. The van der Waals surface area contributed by atoms with Crippen molar-refractivity contribution in [2.45, 2.75) is 13.8 Å². The first-order valence-corrected chi connectivity index (χ1v) is 9.94. The maximum atomic E-state index is 13.1. The first-order valence-electron chi connectivity index (χ1n) is 8.43. The van der Waals surface area contributed by atoms with E-state index in [0.717, 1.165) is 16.1 Å². The van der Waals surface area contributed by atoms with Crippen molar-refractivity contribution in [2.75, 3.05) is 0 Å². The van der Waals surface area contributed by atoms with Crippen molar-refractivity contribution in [1.29, 1.82) is 0 Å². The summed E-state index contributed by atoms with van der Waals surface area (Å²) in [5.41, 5.74) is 2.43. The molecule has 3 rings (SSSR count). The molecule has 0 atom stereocenters. The van der Waals surface area contributed by atoms with E-state index < -0.39 is 11.8 Å². The summed E-state index contributed by atoms with van der Waals surface area (Å²) in [5.74, 6) is -1.28. The van der Waals surface area contributed by atoms with Crippen molar-refractivity contribution in [2.24, 2.45) is 5.10 Å². The Morgan fingerprint density at radius 1 is 0.655 bits per heavy atom. The van der Waals surface area contributed by atoms with E-state index in [1.165, 1.54) is 0 Å². The number of hydrogen-bond acceptors (Lipinski definition) is 3. The van der Waals surface area contributed by atoms with E-state index in [0.29, 0.717) is 0 Å². The van der Waals surface area contributed by atoms with Gasteiger partial charge in [0.25, 0.3) is 11.8 Å². The lowest BCUT2D eigenvalue weighted by molar-refractivity contribution is 0.0621. The van der Waals surface area contributed by atoms with Gasteiger partial charge in [0, 0.05) is 11.1 Å². The molecule has 0 unspecified atom stereocenters. The van der Waals surface area contributed by atoms with Gasteiger partial charge in [-0.1, -0.05) is 81.8 Å². The van der Waals surface area contributed by atoms with Crippen molar-refractivity contribution in [1.82, 2.24) is 5.01 Å². The third kappa shape index (κ3) is 4.41. The molecule has 0 bridgehead atoms. The van der Waals surface area contributed by atoms with Gasteiger partial charge in [-0.15, -0.1) is 0 Å². The molecule has 0 radical (unpaired) electrons. The first-order chi connectivity index (χ1) is 13.7. The summed E-state index contributed by atoms with van der Waals surface area (Å²) in [4.78, 5) is 26.2. The minimum atomic E-state index is -0.642. The Morgan fingerprint density at radius 2 is 1.00 bits per heavy atom. The molecule has 0 saturated carbocycles. The summed E-state index contributed by atoms with van der Waals surface area (Å²) >= 11 is 24.4. The Morgan fingerprint density at radius 3 is 1.34 bits per heavy atom. The highest BCUT2D eigenvalue weighted by Crippen LogP contribution is 2.39. The van der Waals surface area contributed by atoms with Crippen molar-refractivity contribution in [3.05, 3.63) is 90.9 Å². The normalized spacial score (nSPS) is 13.8. The van der Waals surface area contributed by atoms with Crippen LogP contribution in [-0.4, -0.2) is 22.5 Å². The molecule has 0 aliphatic heterocycles. The highest BCUT2D eigenvalue weighted by atomic mass is 35.5. The van der Waals surface area contributed by atoms with E-state index in [1.54, 1.807) is 48.5 Å². The molecule has 2 aromatic rings. The van der Waals surface area contributed by atoms with Gasteiger partial charge in [0.2, 0.25) is 0 Å². The number of rotatable bonds is 3. The molecular formula is C21H14Cl4N2O2. The molecule has 2 aromatic carbocycles. The van der Waals surface area contributed by atoms with Crippen LogP contribution in [0.25, 0.3) is 0 Å². The number of aryl methyl sites for hydroxylation is 2. The molecule has 4 nitrogen and oxygen atoms in total. The van der Waals surface area contributed by atoms with Crippen LogP contribution in [0.4, 0.5) is 0 Å². The number of carbonyl (C=O) groups excluding carboxylic acids is 2. The number of hydrazone groups is 1. The molecule has 8 heteroatoms. The number of halogens is 4. The minimum absolute atomic E-state index is 0.00241. The lowest BCUT2D eigenvalue weighted by Gasteiger charge is -2.17. The van der Waals surface area contributed by atoms with E-state index in [1.807, 2.05) is 13.8 Å². The van der Waals surface area contributed by atoms with Crippen molar-refractivity contribution in [3.8, 4) is 0 Å². The summed E-state index contributed by atoms with van der Waals surface area (Å²) in [6.45, 7) is 3.78. The molecule has 1 aliphatic carbocycles. The minimum Gasteiger partial charge on any atom is -0.267 e. The summed E-state index contributed by atoms with van der Waals surface area (Å²) in [6.07, 6.45) is 0. The van der Waals surface area contributed by atoms with E-state index in [-0.39, 0.29) is 37.0 Å². The summed E-state index contributed by atoms with van der Waals surface area (Å²) in [6, 6.07) is 13.5. The molecule has 0 spiro atoms. The second kappa shape index (κ2) is 8.72. The van der Waals surface area contributed by atoms with Crippen LogP contribution >= 0.6 is 46.4 Å². The largest absolute Gasteiger partial charge is 0.281 e. The maximum absolute atomic E-state index is 13.1. The van der Waals surface area contributed by atoms with E-state index in [9.17, 15) is 9.59 Å². The van der Waals surface area contributed by atoms with Gasteiger partial charge < -0.3 is 0 Å². The number of amides is 2. The Labute approximate surface area is 188 Å². The molecule has 0 heterocycles. The monoisotopic (exact) mass is 466 g/mol. The molecule has 0 aromatic heterocycles. The molecule has 0 N–H and O–H groups in total. The van der Waals surface area contributed by atoms with Gasteiger partial charge in [-0.3, -0.25) is 9.59 Å². The Hall–Kier alpha value is -2.11. The third-order valence-electron chi connectivity index (χ3n) is 4.18. The van der Waals surface area contributed by atoms with Crippen molar-refractivity contribution in [3.63, 3.8) is 0 Å². The van der Waals surface area contributed by atoms with Crippen molar-refractivity contribution < 1.29 is 9.59 Å². The molecule has 0 fully saturated rings. The van der Waals surface area contributed by atoms with Crippen LogP contribution in [0.15, 0.2) is 73.8 Å². The summed E-state index contributed by atoms with van der Waals surface area (Å²) in [5, 5.41) is 4.78. The number of allylic oxidation sites excluding steroid dienone is 4. The summed E-state index contributed by atoms with van der Waals surface area (Å²) in [7, 11) is 0. The van der Waals surface area contributed by atoms with E-state index in [4.69, 9.17) is 46.4 Å².